The third-order valence-electron chi connectivity index (χ3n) is 5.44. The molecule has 22 heavy (non-hydrogen) atoms. The molecule has 2 fully saturated rings. The first kappa shape index (κ1) is 13.8. The Morgan fingerprint density at radius 3 is 3.14 bits per heavy atom. The minimum atomic E-state index is -0.00882. The van der Waals surface area contributed by atoms with Gasteiger partial charge in [-0.05, 0) is 38.3 Å². The average Bonchev–Trinajstić information content (AvgIpc) is 2.88. The zero-order chi connectivity index (χ0) is 15.2. The highest BCUT2D eigenvalue weighted by Crippen LogP contribution is 2.57. The molecule has 2 N–H and O–H groups in total. The van der Waals surface area contributed by atoms with Crippen LogP contribution in [0, 0.1) is 5.41 Å². The van der Waals surface area contributed by atoms with Crippen LogP contribution in [0.4, 0.5) is 0 Å². The Morgan fingerprint density at radius 1 is 1.55 bits per heavy atom. The zero-order valence-electron chi connectivity index (χ0n) is 12.8. The van der Waals surface area contributed by atoms with Crippen molar-refractivity contribution in [2.45, 2.75) is 44.8 Å². The van der Waals surface area contributed by atoms with Gasteiger partial charge >= 0.3 is 0 Å². The number of carbonyl (C=O) groups excluding carboxylic acids is 1. The molecule has 1 spiro atoms. The van der Waals surface area contributed by atoms with Gasteiger partial charge in [0.1, 0.15) is 5.65 Å². The monoisotopic (exact) mass is 299 g/mol. The average molecular weight is 299 g/mol. The van der Waals surface area contributed by atoms with E-state index < -0.39 is 0 Å². The van der Waals surface area contributed by atoms with Crippen LogP contribution in [-0.2, 0) is 4.74 Å². The molecule has 2 aromatic heterocycles. The van der Waals surface area contributed by atoms with Gasteiger partial charge in [0, 0.05) is 35.8 Å². The second-order valence-corrected chi connectivity index (χ2v) is 6.39. The van der Waals surface area contributed by atoms with Crippen LogP contribution in [0.2, 0.25) is 0 Å². The lowest BCUT2D eigenvalue weighted by Gasteiger charge is -2.61. The molecular weight excluding hydrogens is 278 g/mol. The smallest absolute Gasteiger partial charge is 0.253 e. The molecule has 2 aliphatic carbocycles. The van der Waals surface area contributed by atoms with Crippen LogP contribution in [0.15, 0.2) is 24.5 Å². The molecule has 0 bridgehead atoms. The molecule has 2 heterocycles. The number of H-pyrrole nitrogens is 1. The van der Waals surface area contributed by atoms with Crippen molar-refractivity contribution in [3.05, 3.63) is 30.1 Å². The molecule has 5 heteroatoms. The van der Waals surface area contributed by atoms with Crippen LogP contribution >= 0.6 is 0 Å². The molecule has 0 aromatic carbocycles. The topological polar surface area (TPSA) is 67.0 Å². The summed E-state index contributed by atoms with van der Waals surface area (Å²) in [5.41, 5.74) is 1.62. The molecule has 5 nitrogen and oxygen atoms in total. The fourth-order valence-corrected chi connectivity index (χ4v) is 4.02. The van der Waals surface area contributed by atoms with Crippen molar-refractivity contribution in [2.75, 3.05) is 6.61 Å². The Balaban J connectivity index is 1.51. The maximum absolute atomic E-state index is 12.6. The first-order chi connectivity index (χ1) is 10.7. The third-order valence-corrected chi connectivity index (χ3v) is 5.44. The summed E-state index contributed by atoms with van der Waals surface area (Å²) in [4.78, 5) is 19.9. The van der Waals surface area contributed by atoms with Crippen LogP contribution in [0.25, 0.3) is 11.0 Å². The molecule has 0 unspecified atom stereocenters. The quantitative estimate of drug-likeness (QED) is 0.912. The van der Waals surface area contributed by atoms with Gasteiger partial charge in [-0.1, -0.05) is 6.42 Å². The number of carbonyl (C=O) groups is 1. The largest absolute Gasteiger partial charge is 0.378 e. The normalized spacial score (nSPS) is 25.7. The Morgan fingerprint density at radius 2 is 2.41 bits per heavy atom. The summed E-state index contributed by atoms with van der Waals surface area (Å²) in [5.74, 6) is -0.00882. The second-order valence-electron chi connectivity index (χ2n) is 6.39. The molecular formula is C17H21N3O2. The fraction of sp³-hybridized carbons (Fsp3) is 0.529. The third kappa shape index (κ3) is 1.88. The lowest BCUT2D eigenvalue weighted by molar-refractivity contribution is -0.169. The van der Waals surface area contributed by atoms with Crippen molar-refractivity contribution in [1.29, 1.82) is 0 Å². The number of amides is 1. The number of aromatic nitrogens is 2. The van der Waals surface area contributed by atoms with Gasteiger partial charge in [-0.15, -0.1) is 0 Å². The highest BCUT2D eigenvalue weighted by atomic mass is 16.5. The zero-order valence-corrected chi connectivity index (χ0v) is 12.8. The van der Waals surface area contributed by atoms with Gasteiger partial charge in [0.15, 0.2) is 0 Å². The number of fused-ring (bicyclic) bond motifs is 1. The van der Waals surface area contributed by atoms with Crippen molar-refractivity contribution in [1.82, 2.24) is 15.3 Å². The summed E-state index contributed by atoms with van der Waals surface area (Å²) in [5, 5.41) is 4.10. The predicted octanol–water partition coefficient (Wildman–Crippen LogP) is 2.64. The number of ether oxygens (including phenoxy) is 1. The van der Waals surface area contributed by atoms with Crippen molar-refractivity contribution < 1.29 is 9.53 Å². The van der Waals surface area contributed by atoms with E-state index in [4.69, 9.17) is 4.74 Å². The minimum Gasteiger partial charge on any atom is -0.378 e. The van der Waals surface area contributed by atoms with E-state index in [1.54, 1.807) is 12.4 Å². The molecule has 2 aliphatic rings. The Hall–Kier alpha value is -1.88. The van der Waals surface area contributed by atoms with Crippen LogP contribution < -0.4 is 5.32 Å². The van der Waals surface area contributed by atoms with Crippen molar-refractivity contribution in [3.63, 3.8) is 0 Å². The van der Waals surface area contributed by atoms with Crippen LogP contribution in [-0.4, -0.2) is 34.6 Å². The number of aromatic amines is 1. The SMILES string of the molecule is CCO[C@@H]1C[C@@H](NC(=O)c2c[nH]c3ncccc23)C12CCC2. The molecule has 1 amide bonds. The Kier molecular flexibility index (Phi) is 3.18. The standard InChI is InChI=1S/C17H21N3O2/c1-2-22-14-9-13(17(14)6-4-7-17)20-16(21)12-10-19-15-11(12)5-3-8-18-15/h3,5,8,10,13-14H,2,4,6-7,9H2,1H3,(H,18,19)(H,20,21)/t13-,14-/m1/s1. The van der Waals surface area contributed by atoms with E-state index in [9.17, 15) is 4.79 Å². The summed E-state index contributed by atoms with van der Waals surface area (Å²) in [6, 6.07) is 4.03. The maximum atomic E-state index is 12.6. The maximum Gasteiger partial charge on any atom is 0.253 e. The number of nitrogens with zero attached hydrogens (tertiary/aromatic N) is 1. The molecule has 0 saturated heterocycles. The molecule has 4 rings (SSSR count). The molecule has 2 aromatic rings. The van der Waals surface area contributed by atoms with Gasteiger partial charge in [-0.25, -0.2) is 4.98 Å². The summed E-state index contributed by atoms with van der Waals surface area (Å²) in [7, 11) is 0. The van der Waals surface area contributed by atoms with Crippen molar-refractivity contribution in [2.24, 2.45) is 5.41 Å². The summed E-state index contributed by atoms with van der Waals surface area (Å²) in [6.45, 7) is 2.79. The summed E-state index contributed by atoms with van der Waals surface area (Å²) >= 11 is 0. The molecule has 116 valence electrons. The van der Waals surface area contributed by atoms with E-state index in [2.05, 4.69) is 15.3 Å². The summed E-state index contributed by atoms with van der Waals surface area (Å²) in [6.07, 6.45) is 8.30. The highest BCUT2D eigenvalue weighted by molar-refractivity contribution is 6.06. The number of pyridine rings is 1. The van der Waals surface area contributed by atoms with Gasteiger partial charge in [-0.2, -0.15) is 0 Å². The van der Waals surface area contributed by atoms with Crippen molar-refractivity contribution in [3.8, 4) is 0 Å². The van der Waals surface area contributed by atoms with Gasteiger partial charge in [0.05, 0.1) is 11.7 Å². The van der Waals surface area contributed by atoms with Crippen LogP contribution in [0.3, 0.4) is 0 Å². The number of hydrogen-bond donors (Lipinski definition) is 2. The first-order valence-electron chi connectivity index (χ1n) is 8.09. The van der Waals surface area contributed by atoms with Crippen molar-refractivity contribution >= 4 is 16.9 Å². The number of hydrogen-bond acceptors (Lipinski definition) is 3. The molecule has 2 atom stereocenters. The highest BCUT2D eigenvalue weighted by Gasteiger charge is 2.59. The number of rotatable bonds is 4. The first-order valence-corrected chi connectivity index (χ1v) is 8.09. The van der Waals surface area contributed by atoms with Crippen LogP contribution in [0.5, 0.6) is 0 Å². The lowest BCUT2D eigenvalue weighted by Crippen LogP contribution is -2.67. The van der Waals surface area contributed by atoms with E-state index in [0.717, 1.165) is 36.9 Å². The number of nitrogens with one attached hydrogen (secondary N) is 2. The predicted molar refractivity (Wildman–Crippen MR) is 83.7 cm³/mol. The Bertz CT molecular complexity index is 705. The van der Waals surface area contributed by atoms with Gasteiger partial charge < -0.3 is 15.0 Å². The van der Waals surface area contributed by atoms with Gasteiger partial charge in [0.2, 0.25) is 0 Å². The molecule has 2 saturated carbocycles. The summed E-state index contributed by atoms with van der Waals surface area (Å²) < 4.78 is 5.84. The van der Waals surface area contributed by atoms with Gasteiger partial charge in [-0.3, -0.25) is 4.79 Å². The molecule has 0 aliphatic heterocycles. The van der Waals surface area contributed by atoms with E-state index in [0.29, 0.717) is 11.7 Å². The lowest BCUT2D eigenvalue weighted by atomic mass is 9.51. The minimum absolute atomic E-state index is 0.00882. The molecule has 0 radical (unpaired) electrons. The van der Waals surface area contributed by atoms with E-state index in [1.165, 1.54) is 6.42 Å². The van der Waals surface area contributed by atoms with Gasteiger partial charge in [0.25, 0.3) is 5.91 Å². The van der Waals surface area contributed by atoms with Crippen LogP contribution in [0.1, 0.15) is 43.0 Å². The second kappa shape index (κ2) is 5.09. The van der Waals surface area contributed by atoms with E-state index >= 15 is 0 Å². The van der Waals surface area contributed by atoms with E-state index in [-0.39, 0.29) is 17.4 Å². The Labute approximate surface area is 129 Å². The van der Waals surface area contributed by atoms with E-state index in [1.807, 2.05) is 19.1 Å². The fourth-order valence-electron chi connectivity index (χ4n) is 4.02.